The second-order valence-corrected chi connectivity index (χ2v) is 5.09. The first-order chi connectivity index (χ1) is 9.67. The van der Waals surface area contributed by atoms with Gasteiger partial charge < -0.3 is 15.7 Å². The summed E-state index contributed by atoms with van der Waals surface area (Å²) in [6.45, 7) is 4.07. The van der Waals surface area contributed by atoms with E-state index in [-0.39, 0.29) is 6.61 Å². The van der Waals surface area contributed by atoms with Crippen LogP contribution in [0.2, 0.25) is 10.0 Å². The number of aliphatic hydroxyl groups excluding tert-OH is 1. The molecule has 0 atom stereocenters. The fraction of sp³-hybridized carbons (Fsp3) is 0.500. The molecule has 0 amide bonds. The smallest absolute Gasteiger partial charge is 0.191 e. The molecular formula is C14H21Cl2N3O. The summed E-state index contributed by atoms with van der Waals surface area (Å²) in [6, 6.07) is 5.55. The van der Waals surface area contributed by atoms with Crippen LogP contribution in [-0.2, 0) is 6.42 Å². The van der Waals surface area contributed by atoms with E-state index in [1.807, 2.05) is 19.1 Å². The Bertz CT molecular complexity index is 438. The van der Waals surface area contributed by atoms with Crippen molar-refractivity contribution in [1.82, 2.24) is 10.6 Å². The third kappa shape index (κ3) is 6.46. The van der Waals surface area contributed by atoms with Gasteiger partial charge in [0.15, 0.2) is 5.96 Å². The van der Waals surface area contributed by atoms with Gasteiger partial charge in [-0.2, -0.15) is 0 Å². The Morgan fingerprint density at radius 3 is 2.75 bits per heavy atom. The van der Waals surface area contributed by atoms with E-state index in [0.29, 0.717) is 23.1 Å². The average molecular weight is 318 g/mol. The lowest BCUT2D eigenvalue weighted by Gasteiger charge is -2.10. The molecule has 3 N–H and O–H groups in total. The van der Waals surface area contributed by atoms with Crippen LogP contribution in [-0.4, -0.2) is 37.3 Å². The van der Waals surface area contributed by atoms with E-state index in [4.69, 9.17) is 28.3 Å². The monoisotopic (exact) mass is 317 g/mol. The fourth-order valence-corrected chi connectivity index (χ4v) is 2.20. The molecule has 4 nitrogen and oxygen atoms in total. The Morgan fingerprint density at radius 1 is 1.30 bits per heavy atom. The summed E-state index contributed by atoms with van der Waals surface area (Å²) in [5.41, 5.74) is 1.08. The highest BCUT2D eigenvalue weighted by atomic mass is 35.5. The molecule has 0 aliphatic rings. The van der Waals surface area contributed by atoms with Crippen LogP contribution in [0, 0.1) is 0 Å². The van der Waals surface area contributed by atoms with Gasteiger partial charge in [-0.1, -0.05) is 29.3 Å². The molecule has 20 heavy (non-hydrogen) atoms. The summed E-state index contributed by atoms with van der Waals surface area (Å²) < 4.78 is 0. The van der Waals surface area contributed by atoms with Gasteiger partial charge in [0.2, 0.25) is 0 Å². The van der Waals surface area contributed by atoms with Gasteiger partial charge in [0, 0.05) is 29.7 Å². The molecule has 1 aromatic rings. The van der Waals surface area contributed by atoms with Crippen LogP contribution in [0.5, 0.6) is 0 Å². The van der Waals surface area contributed by atoms with Gasteiger partial charge in [-0.15, -0.1) is 0 Å². The zero-order valence-electron chi connectivity index (χ0n) is 11.6. The molecule has 1 rings (SSSR count). The summed E-state index contributed by atoms with van der Waals surface area (Å²) >= 11 is 12.0. The molecule has 0 aliphatic carbocycles. The summed E-state index contributed by atoms with van der Waals surface area (Å²) in [7, 11) is 0. The zero-order valence-corrected chi connectivity index (χ0v) is 13.1. The maximum atomic E-state index is 8.79. The molecule has 0 aliphatic heterocycles. The topological polar surface area (TPSA) is 56.7 Å². The number of aliphatic imine (C=N–C) groups is 1. The Balaban J connectivity index is 2.41. The predicted molar refractivity (Wildman–Crippen MR) is 85.9 cm³/mol. The Morgan fingerprint density at radius 2 is 2.10 bits per heavy atom. The molecule has 0 spiro atoms. The van der Waals surface area contributed by atoms with Gasteiger partial charge in [0.05, 0.1) is 6.61 Å². The van der Waals surface area contributed by atoms with Gasteiger partial charge >= 0.3 is 0 Å². The van der Waals surface area contributed by atoms with E-state index < -0.39 is 0 Å². The fourth-order valence-electron chi connectivity index (χ4n) is 1.70. The number of nitrogens with zero attached hydrogens (tertiary/aromatic N) is 1. The van der Waals surface area contributed by atoms with E-state index in [1.165, 1.54) is 0 Å². The summed E-state index contributed by atoms with van der Waals surface area (Å²) in [4.78, 5) is 4.43. The summed E-state index contributed by atoms with van der Waals surface area (Å²) in [5.74, 6) is 0.726. The Kier molecular flexibility index (Phi) is 8.42. The predicted octanol–water partition coefficient (Wildman–Crippen LogP) is 2.47. The van der Waals surface area contributed by atoms with Gasteiger partial charge in [-0.3, -0.25) is 4.99 Å². The molecule has 1 aromatic carbocycles. The molecule has 0 heterocycles. The summed E-state index contributed by atoms with van der Waals surface area (Å²) in [6.07, 6.45) is 1.76. The number of halogens is 2. The minimum Gasteiger partial charge on any atom is -0.395 e. The van der Waals surface area contributed by atoms with Gasteiger partial charge in [-0.25, -0.2) is 0 Å². The number of hydrogen-bond acceptors (Lipinski definition) is 2. The Hall–Kier alpha value is -0.970. The molecule has 0 fully saturated rings. The minimum absolute atomic E-state index is 0.0881. The molecule has 0 aromatic heterocycles. The second kappa shape index (κ2) is 9.86. The standard InChI is InChI=1S/C14H21Cl2N3O/c1-2-17-14(19-8-9-20)18-7-3-4-11-5-6-12(15)10-13(11)16/h5-6,10,20H,2-4,7-9H2,1H3,(H2,17,18,19). The van der Waals surface area contributed by atoms with Crippen molar-refractivity contribution in [3.05, 3.63) is 33.8 Å². The van der Waals surface area contributed by atoms with Crippen LogP contribution in [0.4, 0.5) is 0 Å². The lowest BCUT2D eigenvalue weighted by atomic mass is 10.1. The first-order valence-corrected chi connectivity index (χ1v) is 7.50. The van der Waals surface area contributed by atoms with E-state index in [9.17, 15) is 0 Å². The van der Waals surface area contributed by atoms with Crippen molar-refractivity contribution in [2.75, 3.05) is 26.2 Å². The van der Waals surface area contributed by atoms with Crippen LogP contribution >= 0.6 is 23.2 Å². The molecule has 6 heteroatoms. The zero-order chi connectivity index (χ0) is 14.8. The molecule has 0 saturated heterocycles. The van der Waals surface area contributed by atoms with Crippen molar-refractivity contribution in [2.45, 2.75) is 19.8 Å². The van der Waals surface area contributed by atoms with Gasteiger partial charge in [0.25, 0.3) is 0 Å². The van der Waals surface area contributed by atoms with Crippen LogP contribution in [0.3, 0.4) is 0 Å². The van der Waals surface area contributed by atoms with E-state index >= 15 is 0 Å². The number of hydrogen-bond donors (Lipinski definition) is 3. The highest BCUT2D eigenvalue weighted by Crippen LogP contribution is 2.21. The number of benzene rings is 1. The first kappa shape index (κ1) is 17.1. The number of guanidine groups is 1. The lowest BCUT2D eigenvalue weighted by molar-refractivity contribution is 0.300. The van der Waals surface area contributed by atoms with Crippen molar-refractivity contribution >= 4 is 29.2 Å². The van der Waals surface area contributed by atoms with Crippen molar-refractivity contribution in [3.63, 3.8) is 0 Å². The SMILES string of the molecule is CCNC(=NCCCc1ccc(Cl)cc1Cl)NCCO. The molecule has 0 saturated carbocycles. The first-order valence-electron chi connectivity index (χ1n) is 6.74. The van der Waals surface area contributed by atoms with Crippen molar-refractivity contribution in [3.8, 4) is 0 Å². The van der Waals surface area contributed by atoms with Crippen molar-refractivity contribution in [1.29, 1.82) is 0 Å². The number of aliphatic hydroxyl groups is 1. The highest BCUT2D eigenvalue weighted by Gasteiger charge is 2.01. The normalized spacial score (nSPS) is 11.5. The number of nitrogens with one attached hydrogen (secondary N) is 2. The molecule has 0 radical (unpaired) electrons. The number of aryl methyl sites for hydroxylation is 1. The summed E-state index contributed by atoms with van der Waals surface area (Å²) in [5, 5.41) is 16.3. The highest BCUT2D eigenvalue weighted by molar-refractivity contribution is 6.35. The molecule has 0 unspecified atom stereocenters. The quantitative estimate of drug-likeness (QED) is 0.411. The van der Waals surface area contributed by atoms with Crippen LogP contribution in [0.1, 0.15) is 18.9 Å². The third-order valence-electron chi connectivity index (χ3n) is 2.64. The van der Waals surface area contributed by atoms with Crippen molar-refractivity contribution in [2.24, 2.45) is 4.99 Å². The maximum Gasteiger partial charge on any atom is 0.191 e. The van der Waals surface area contributed by atoms with E-state index in [0.717, 1.165) is 30.9 Å². The van der Waals surface area contributed by atoms with Crippen molar-refractivity contribution < 1.29 is 5.11 Å². The van der Waals surface area contributed by atoms with Crippen LogP contribution < -0.4 is 10.6 Å². The van der Waals surface area contributed by atoms with Gasteiger partial charge in [-0.05, 0) is 37.5 Å². The van der Waals surface area contributed by atoms with Gasteiger partial charge in [0.1, 0.15) is 0 Å². The maximum absolute atomic E-state index is 8.79. The number of rotatable bonds is 7. The molecule has 0 bridgehead atoms. The Labute approximate surface area is 130 Å². The molecule has 112 valence electrons. The van der Waals surface area contributed by atoms with Crippen LogP contribution in [0.25, 0.3) is 0 Å². The third-order valence-corrected chi connectivity index (χ3v) is 3.22. The largest absolute Gasteiger partial charge is 0.395 e. The minimum atomic E-state index is 0.0881. The van der Waals surface area contributed by atoms with Crippen LogP contribution in [0.15, 0.2) is 23.2 Å². The van der Waals surface area contributed by atoms with E-state index in [2.05, 4.69) is 15.6 Å². The second-order valence-electron chi connectivity index (χ2n) is 4.25. The lowest BCUT2D eigenvalue weighted by Crippen LogP contribution is -2.38. The molecular weight excluding hydrogens is 297 g/mol. The average Bonchev–Trinajstić information content (AvgIpc) is 2.42. The van der Waals surface area contributed by atoms with E-state index in [1.54, 1.807) is 6.07 Å².